The standard InChI is InChI=1S/C13H20N2O3.2C13H19NO4.C13H17NO3.4C7H10.H3N/c1-13(2,3)18-12(17)15-10-8-5-4-7(6-8)9(10)11(14)16;2*1-13(2,3)18-12(17)14-10-8-5-4-7(6-8)9(10)11(15)16;1-13(2,3)17-12(16)14-10-8-5-4-7(6-8)9(10)11(14)15;4*1-2-7-4-3-6(1)5-7;/h4-5,7-10H,6H2,1-3H3,(H2,14,16)(H,15,17);2*4-5,7-10H,6H2,1-3H3,(H,14,17)(H,15,16);4-5,7-10H,6H2,1-3H3;4*1-2,6-7H,3-5H2;1H3/t7-,8+,9+,10+;2*7-,8+,9-,10+;7-,8+,9+,10-;4*6-,7+;/m1111...../s1. The third-order valence-electron chi connectivity index (χ3n) is 22.8. The Morgan fingerprint density at radius 1 is 0.400 bits per heavy atom. The Morgan fingerprint density at radius 2 is 0.670 bits per heavy atom. The zero-order valence-electron chi connectivity index (χ0n) is 61.7. The fraction of sp³-hybridized carbons (Fsp3) is 0.700. The van der Waals surface area contributed by atoms with Gasteiger partial charge in [0, 0.05) is 17.9 Å². The molecule has 16 aliphatic carbocycles. The predicted octanol–water partition coefficient (Wildman–Crippen LogP) is 13.6. The van der Waals surface area contributed by atoms with E-state index in [9.17, 15) is 48.6 Å². The second-order valence-corrected chi connectivity index (χ2v) is 35.0. The lowest BCUT2D eigenvalue weighted by Crippen LogP contribution is -2.65. The Kier molecular flexibility index (Phi) is 24.5. The summed E-state index contributed by atoms with van der Waals surface area (Å²) >= 11 is 0. The molecule has 16 bridgehead atoms. The van der Waals surface area contributed by atoms with Gasteiger partial charge in [-0.05, 0) is 281 Å². The Labute approximate surface area is 593 Å². The number of aliphatic carboxylic acids is 2. The summed E-state index contributed by atoms with van der Waals surface area (Å²) in [5, 5.41) is 28.5. The van der Waals surface area contributed by atoms with Crippen LogP contribution in [0.3, 0.4) is 0 Å². The van der Waals surface area contributed by atoms with E-state index in [0.717, 1.165) is 73.0 Å². The van der Waals surface area contributed by atoms with Crippen molar-refractivity contribution in [3.63, 3.8) is 0 Å². The van der Waals surface area contributed by atoms with Crippen molar-refractivity contribution in [3.05, 3.63) is 97.2 Å². The molecular formula is C80H118N6O14. The largest absolute Gasteiger partial charge is 0.550 e. The predicted molar refractivity (Wildman–Crippen MR) is 381 cm³/mol. The van der Waals surface area contributed by atoms with Crippen molar-refractivity contribution >= 4 is 48.1 Å². The fourth-order valence-corrected chi connectivity index (χ4v) is 18.5. The Morgan fingerprint density at radius 3 is 0.950 bits per heavy atom. The number of nitrogens with zero attached hydrogens (tertiary/aromatic N) is 1. The van der Waals surface area contributed by atoms with Gasteiger partial charge in [0.25, 0.3) is 0 Å². The molecule has 1 saturated heterocycles. The third-order valence-corrected chi connectivity index (χ3v) is 22.8. The maximum atomic E-state index is 12.0. The van der Waals surface area contributed by atoms with Gasteiger partial charge in [-0.15, -0.1) is 0 Å². The monoisotopic (exact) mass is 1390 g/mol. The first-order chi connectivity index (χ1) is 46.5. The van der Waals surface area contributed by atoms with E-state index in [4.69, 9.17) is 24.7 Å². The molecule has 10 N–H and O–H groups in total. The van der Waals surface area contributed by atoms with Gasteiger partial charge in [0.05, 0.1) is 35.9 Å². The fourth-order valence-electron chi connectivity index (χ4n) is 18.5. The number of allylic oxidation sites excluding steroid dienone is 12. The number of amides is 6. The molecule has 0 aromatic heterocycles. The Balaban J connectivity index is 0.000000137. The number of ether oxygens (including phenoxy) is 4. The summed E-state index contributed by atoms with van der Waals surface area (Å²) < 4.78 is 20.8. The minimum absolute atomic E-state index is 0. The smallest absolute Gasteiger partial charge is 0.417 e. The Hall–Kier alpha value is -6.96. The molecule has 6 amide bonds. The first-order valence-corrected chi connectivity index (χ1v) is 37.3. The van der Waals surface area contributed by atoms with E-state index in [1.807, 2.05) is 57.2 Å². The first-order valence-electron chi connectivity index (χ1n) is 37.3. The van der Waals surface area contributed by atoms with Gasteiger partial charge in [0.1, 0.15) is 22.4 Å². The zero-order valence-corrected chi connectivity index (χ0v) is 61.7. The summed E-state index contributed by atoms with van der Waals surface area (Å²) in [4.78, 5) is 94.2. The molecule has 0 unspecified atom stereocenters. The van der Waals surface area contributed by atoms with Gasteiger partial charge in [-0.25, -0.2) is 24.1 Å². The summed E-state index contributed by atoms with van der Waals surface area (Å²) in [5.41, 5.74) is 3.16. The van der Waals surface area contributed by atoms with Crippen molar-refractivity contribution in [2.24, 2.45) is 124 Å². The van der Waals surface area contributed by atoms with E-state index < -0.39 is 76.6 Å². The molecule has 20 nitrogen and oxygen atoms in total. The second kappa shape index (κ2) is 31.7. The number of hydrogen-bond acceptors (Lipinski definition) is 13. The summed E-state index contributed by atoms with van der Waals surface area (Å²) in [6.07, 6.45) is 54.2. The summed E-state index contributed by atoms with van der Waals surface area (Å²) in [7, 11) is 0. The van der Waals surface area contributed by atoms with Gasteiger partial charge in [-0.2, -0.15) is 0 Å². The number of fused-ring (bicyclic) bond motifs is 19. The number of rotatable bonds is 6. The average molecular weight is 1390 g/mol. The molecule has 1 aliphatic heterocycles. The van der Waals surface area contributed by atoms with Crippen LogP contribution in [0.1, 0.15) is 186 Å². The van der Waals surface area contributed by atoms with Gasteiger partial charge < -0.3 is 61.8 Å². The highest BCUT2D eigenvalue weighted by molar-refractivity contribution is 6.00. The minimum Gasteiger partial charge on any atom is -0.550 e. The van der Waals surface area contributed by atoms with Crippen LogP contribution < -0.4 is 32.9 Å². The quantitative estimate of drug-likeness (QED) is 0.0818. The molecule has 17 aliphatic rings. The number of hydrogen-bond donors (Lipinski definition) is 6. The minimum atomic E-state index is -1.10. The van der Waals surface area contributed by atoms with Crippen LogP contribution in [-0.4, -0.2) is 105 Å². The molecular weight excluding hydrogens is 1270 g/mol. The highest BCUT2D eigenvalue weighted by Gasteiger charge is 2.63. The van der Waals surface area contributed by atoms with Crippen molar-refractivity contribution < 1.29 is 67.5 Å². The number of alkyl carbamates (subject to hydrolysis) is 3. The lowest BCUT2D eigenvalue weighted by atomic mass is 9.80. The number of carbonyl (C=O) groups excluding carboxylic acids is 7. The van der Waals surface area contributed by atoms with E-state index >= 15 is 0 Å². The molecule has 552 valence electrons. The van der Waals surface area contributed by atoms with Gasteiger partial charge in [-0.3, -0.25) is 14.4 Å². The van der Waals surface area contributed by atoms with Crippen molar-refractivity contribution in [2.75, 3.05) is 0 Å². The number of nitrogens with two attached hydrogens (primary N) is 1. The molecule has 0 aromatic rings. The molecule has 0 aromatic carbocycles. The molecule has 0 radical (unpaired) electrons. The summed E-state index contributed by atoms with van der Waals surface area (Å²) in [5.74, 6) is 5.37. The van der Waals surface area contributed by atoms with Crippen LogP contribution in [0.2, 0.25) is 0 Å². The van der Waals surface area contributed by atoms with Gasteiger partial charge in [0.15, 0.2) is 0 Å². The second-order valence-electron chi connectivity index (χ2n) is 35.0. The van der Waals surface area contributed by atoms with Crippen LogP contribution in [0.4, 0.5) is 19.2 Å². The van der Waals surface area contributed by atoms with Crippen LogP contribution >= 0.6 is 0 Å². The average Bonchev–Trinajstić information content (AvgIpc) is 1.53. The van der Waals surface area contributed by atoms with Crippen molar-refractivity contribution in [3.8, 4) is 0 Å². The lowest BCUT2D eigenvalue weighted by molar-refractivity contribution is -0.313. The van der Waals surface area contributed by atoms with Crippen molar-refractivity contribution in [1.82, 2.24) is 27.0 Å². The Bertz CT molecular complexity index is 2890. The van der Waals surface area contributed by atoms with Crippen LogP contribution in [0.25, 0.3) is 0 Å². The lowest BCUT2D eigenvalue weighted by Gasteiger charge is -2.46. The molecule has 1 heterocycles. The van der Waals surface area contributed by atoms with Crippen LogP contribution in [0.15, 0.2) is 97.2 Å². The van der Waals surface area contributed by atoms with Crippen LogP contribution in [0, 0.1) is 118 Å². The van der Waals surface area contributed by atoms with E-state index in [0.29, 0.717) is 11.8 Å². The molecule has 24 atom stereocenters. The topological polar surface area (TPSA) is 319 Å². The number of carboxylic acid groups (broad SMARTS) is 2. The number of carboxylic acids is 2. The van der Waals surface area contributed by atoms with Gasteiger partial charge in [0.2, 0.25) is 11.8 Å². The molecule has 0 spiro atoms. The normalized spacial score (nSPS) is 37.4. The van der Waals surface area contributed by atoms with Crippen LogP contribution in [-0.2, 0) is 38.1 Å². The number of β-lactam (4-membered cyclic amide) rings is 1. The first kappa shape index (κ1) is 77.2. The van der Waals surface area contributed by atoms with Gasteiger partial charge >= 0.3 is 30.3 Å². The van der Waals surface area contributed by atoms with Crippen molar-refractivity contribution in [2.45, 2.75) is 232 Å². The van der Waals surface area contributed by atoms with Crippen LogP contribution in [0.5, 0.6) is 0 Å². The zero-order chi connectivity index (χ0) is 71.6. The highest BCUT2D eigenvalue weighted by Crippen LogP contribution is 2.53. The summed E-state index contributed by atoms with van der Waals surface area (Å²) in [6, 6.07) is -0.938. The molecule has 8 saturated carbocycles. The van der Waals surface area contributed by atoms with Crippen molar-refractivity contribution in [1.29, 1.82) is 0 Å². The molecule has 100 heavy (non-hydrogen) atoms. The SMILES string of the molecule is C1=C[C@H]2CC[C@@H]1C2.C1=C[C@H]2CC[C@@H]1C2.C1=C[C@H]2CC[C@@H]1C2.C1=C[C@H]2CC[C@@H]1C2.CC(C)(C)OC(=O)N1C(=O)[C@@H]2[C@H]1[C@H]1C=C[C@@H]2C1.CC(C)(C)OC(=O)N[C@@H]1[C@@H](C(N)=O)[C@@H]2C=C[C@H]1C2.CC(C)(C)OC(=O)N[C@@H]1[C@H](C(=O)O)[C@@H]2C=C[C@H]1C2.CC(C)(C)OC(=O)N[C@@H]1[C@H](C(=O)[O-])[C@@H]2C=C[C@H]1C2.[NH4+]. The maximum absolute atomic E-state index is 12.0. The van der Waals surface area contributed by atoms with E-state index in [1.54, 1.807) is 62.3 Å². The van der Waals surface area contributed by atoms with E-state index in [1.165, 1.54) is 81.9 Å². The number of likely N-dealkylation sites (tertiary alicyclic amines) is 1. The number of carbonyl (C=O) groups is 8. The number of nitrogens with one attached hydrogen (secondary N) is 3. The maximum Gasteiger partial charge on any atom is 0.417 e. The highest BCUT2D eigenvalue weighted by atomic mass is 16.6. The summed E-state index contributed by atoms with van der Waals surface area (Å²) in [6.45, 7) is 21.5. The number of imide groups is 1. The third kappa shape index (κ3) is 19.8. The van der Waals surface area contributed by atoms with E-state index in [2.05, 4.69) is 76.7 Å². The molecule has 20 heteroatoms. The van der Waals surface area contributed by atoms with E-state index in [-0.39, 0.29) is 83.4 Å². The number of primary amides is 1. The molecule has 9 fully saturated rings. The molecule has 17 rings (SSSR count). The van der Waals surface area contributed by atoms with Gasteiger partial charge in [-0.1, -0.05) is 97.2 Å². The number of quaternary nitrogens is 1.